The van der Waals surface area contributed by atoms with Crippen molar-refractivity contribution in [2.75, 3.05) is 19.8 Å². The minimum absolute atomic E-state index is 0.411. The van der Waals surface area contributed by atoms with Crippen molar-refractivity contribution in [1.29, 1.82) is 0 Å². The second kappa shape index (κ2) is 7.63. The maximum Gasteiger partial charge on any atom is 0.217 e. The molecule has 96 valence electrons. The zero-order chi connectivity index (χ0) is 12.7. The summed E-state index contributed by atoms with van der Waals surface area (Å²) >= 11 is 3.35. The molecule has 0 spiro atoms. The number of aromatic nitrogens is 1. The van der Waals surface area contributed by atoms with Gasteiger partial charge in [-0.25, -0.2) is 4.98 Å². The van der Waals surface area contributed by atoms with Crippen molar-refractivity contribution >= 4 is 15.9 Å². The third-order valence-electron chi connectivity index (χ3n) is 2.03. The number of rotatable bonds is 7. The van der Waals surface area contributed by atoms with E-state index < -0.39 is 0 Å². The van der Waals surface area contributed by atoms with Gasteiger partial charge >= 0.3 is 0 Å². The molecular weight excluding hydrogens is 284 g/mol. The monoisotopic (exact) mass is 302 g/mol. The Labute approximate surface area is 111 Å². The lowest BCUT2D eigenvalue weighted by Gasteiger charge is -2.10. The molecule has 0 aliphatic rings. The summed E-state index contributed by atoms with van der Waals surface area (Å²) in [5.41, 5.74) is 6.51. The SMILES string of the molecule is CC(C)COCCOc1ncc(Br)cc1CN. The molecule has 2 N–H and O–H groups in total. The highest BCUT2D eigenvalue weighted by Gasteiger charge is 2.04. The minimum Gasteiger partial charge on any atom is -0.475 e. The van der Waals surface area contributed by atoms with Crippen molar-refractivity contribution < 1.29 is 9.47 Å². The highest BCUT2D eigenvalue weighted by atomic mass is 79.9. The molecule has 0 radical (unpaired) electrons. The minimum atomic E-state index is 0.411. The second-order valence-corrected chi connectivity index (χ2v) is 5.05. The molecule has 0 aliphatic heterocycles. The van der Waals surface area contributed by atoms with Crippen molar-refractivity contribution in [3.05, 3.63) is 22.3 Å². The quantitative estimate of drug-likeness (QED) is 0.786. The molecule has 0 amide bonds. The number of ether oxygens (including phenoxy) is 2. The van der Waals surface area contributed by atoms with Crippen molar-refractivity contribution in [3.63, 3.8) is 0 Å². The zero-order valence-corrected chi connectivity index (χ0v) is 11.9. The van der Waals surface area contributed by atoms with E-state index in [2.05, 4.69) is 34.8 Å². The molecule has 0 bridgehead atoms. The lowest BCUT2D eigenvalue weighted by atomic mass is 10.2. The molecule has 1 aromatic rings. The molecule has 4 nitrogen and oxygen atoms in total. The molecule has 1 heterocycles. The van der Waals surface area contributed by atoms with Crippen LogP contribution in [0.25, 0.3) is 0 Å². The second-order valence-electron chi connectivity index (χ2n) is 4.14. The Morgan fingerprint density at radius 1 is 1.41 bits per heavy atom. The molecular formula is C12H19BrN2O2. The average Bonchev–Trinajstić information content (AvgIpc) is 2.29. The van der Waals surface area contributed by atoms with E-state index in [1.165, 1.54) is 0 Å². The van der Waals surface area contributed by atoms with Gasteiger partial charge in [-0.05, 0) is 27.9 Å². The standard InChI is InChI=1S/C12H19BrN2O2/c1-9(2)8-16-3-4-17-12-10(6-14)5-11(13)7-15-12/h5,7,9H,3-4,6,8,14H2,1-2H3. The van der Waals surface area contributed by atoms with Crippen LogP contribution in [0.2, 0.25) is 0 Å². The summed E-state index contributed by atoms with van der Waals surface area (Å²) in [6.45, 7) is 6.46. The maximum absolute atomic E-state index is 5.62. The van der Waals surface area contributed by atoms with Gasteiger partial charge in [-0.1, -0.05) is 13.8 Å². The normalized spacial score (nSPS) is 10.9. The van der Waals surface area contributed by atoms with Gasteiger partial charge in [-0.15, -0.1) is 0 Å². The Morgan fingerprint density at radius 3 is 2.82 bits per heavy atom. The smallest absolute Gasteiger partial charge is 0.217 e. The number of halogens is 1. The maximum atomic E-state index is 5.62. The first-order valence-corrected chi connectivity index (χ1v) is 6.47. The third-order valence-corrected chi connectivity index (χ3v) is 2.46. The molecule has 0 fully saturated rings. The average molecular weight is 303 g/mol. The number of nitrogens with zero attached hydrogens (tertiary/aromatic N) is 1. The fraction of sp³-hybridized carbons (Fsp3) is 0.583. The zero-order valence-electron chi connectivity index (χ0n) is 10.3. The van der Waals surface area contributed by atoms with Gasteiger partial charge in [0, 0.05) is 29.4 Å². The molecule has 0 aromatic carbocycles. The number of hydrogen-bond donors (Lipinski definition) is 1. The van der Waals surface area contributed by atoms with Gasteiger partial charge in [-0.2, -0.15) is 0 Å². The highest BCUT2D eigenvalue weighted by molar-refractivity contribution is 9.10. The van der Waals surface area contributed by atoms with E-state index in [0.29, 0.717) is 31.6 Å². The van der Waals surface area contributed by atoms with E-state index in [0.717, 1.165) is 16.6 Å². The third kappa shape index (κ3) is 5.48. The first-order chi connectivity index (χ1) is 8.13. The Kier molecular flexibility index (Phi) is 6.47. The molecule has 0 saturated carbocycles. The van der Waals surface area contributed by atoms with Crippen molar-refractivity contribution in [2.45, 2.75) is 20.4 Å². The van der Waals surface area contributed by atoms with Crippen LogP contribution >= 0.6 is 15.9 Å². The lowest BCUT2D eigenvalue weighted by Crippen LogP contribution is -2.12. The van der Waals surface area contributed by atoms with Crippen LogP contribution in [0.4, 0.5) is 0 Å². The first kappa shape index (κ1) is 14.4. The summed E-state index contributed by atoms with van der Waals surface area (Å²) in [7, 11) is 0. The van der Waals surface area contributed by atoms with Crippen LogP contribution in [-0.2, 0) is 11.3 Å². The fourth-order valence-electron chi connectivity index (χ4n) is 1.26. The summed E-state index contributed by atoms with van der Waals surface area (Å²) in [6.07, 6.45) is 1.70. The Bertz CT molecular complexity index is 345. The lowest BCUT2D eigenvalue weighted by molar-refractivity contribution is 0.0803. The van der Waals surface area contributed by atoms with Gasteiger partial charge in [0.25, 0.3) is 0 Å². The van der Waals surface area contributed by atoms with Crippen LogP contribution in [0.3, 0.4) is 0 Å². The van der Waals surface area contributed by atoms with Gasteiger partial charge in [-0.3, -0.25) is 0 Å². The molecule has 5 heteroatoms. The van der Waals surface area contributed by atoms with E-state index in [4.69, 9.17) is 15.2 Å². The largest absolute Gasteiger partial charge is 0.475 e. The molecule has 0 aliphatic carbocycles. The van der Waals surface area contributed by atoms with Gasteiger partial charge in [0.05, 0.1) is 6.61 Å². The van der Waals surface area contributed by atoms with Gasteiger partial charge in [0.1, 0.15) is 6.61 Å². The van der Waals surface area contributed by atoms with Crippen LogP contribution < -0.4 is 10.5 Å². The van der Waals surface area contributed by atoms with E-state index in [-0.39, 0.29) is 0 Å². The predicted molar refractivity (Wildman–Crippen MR) is 71.0 cm³/mol. The summed E-state index contributed by atoms with van der Waals surface area (Å²) in [5.74, 6) is 1.13. The number of hydrogen-bond acceptors (Lipinski definition) is 4. The predicted octanol–water partition coefficient (Wildman–Crippen LogP) is 2.35. The number of nitrogens with two attached hydrogens (primary N) is 1. The highest BCUT2D eigenvalue weighted by Crippen LogP contribution is 2.19. The number of pyridine rings is 1. The Hall–Kier alpha value is -0.650. The van der Waals surface area contributed by atoms with Crippen molar-refractivity contribution in [2.24, 2.45) is 11.7 Å². The molecule has 0 saturated heterocycles. The van der Waals surface area contributed by atoms with E-state index >= 15 is 0 Å². The van der Waals surface area contributed by atoms with Crippen LogP contribution in [0.15, 0.2) is 16.7 Å². The fourth-order valence-corrected chi connectivity index (χ4v) is 1.64. The molecule has 1 aromatic heterocycles. The molecule has 0 atom stereocenters. The summed E-state index contributed by atoms with van der Waals surface area (Å²) in [4.78, 5) is 4.18. The van der Waals surface area contributed by atoms with Crippen LogP contribution in [0, 0.1) is 5.92 Å². The van der Waals surface area contributed by atoms with Crippen LogP contribution in [0.1, 0.15) is 19.4 Å². The van der Waals surface area contributed by atoms with Crippen molar-refractivity contribution in [3.8, 4) is 5.88 Å². The van der Waals surface area contributed by atoms with E-state index in [9.17, 15) is 0 Å². The molecule has 1 rings (SSSR count). The van der Waals surface area contributed by atoms with Crippen LogP contribution in [0.5, 0.6) is 5.88 Å². The molecule has 17 heavy (non-hydrogen) atoms. The van der Waals surface area contributed by atoms with E-state index in [1.807, 2.05) is 6.07 Å². The summed E-state index contributed by atoms with van der Waals surface area (Å²) < 4.78 is 11.9. The van der Waals surface area contributed by atoms with E-state index in [1.54, 1.807) is 6.20 Å². The first-order valence-electron chi connectivity index (χ1n) is 5.68. The topological polar surface area (TPSA) is 57.4 Å². The molecule has 0 unspecified atom stereocenters. The van der Waals surface area contributed by atoms with Gasteiger partial charge in [0.15, 0.2) is 0 Å². The Morgan fingerprint density at radius 2 is 2.18 bits per heavy atom. The van der Waals surface area contributed by atoms with Crippen LogP contribution in [-0.4, -0.2) is 24.8 Å². The van der Waals surface area contributed by atoms with Gasteiger partial charge in [0.2, 0.25) is 5.88 Å². The van der Waals surface area contributed by atoms with Crippen molar-refractivity contribution in [1.82, 2.24) is 4.98 Å². The Balaban J connectivity index is 2.36. The summed E-state index contributed by atoms with van der Waals surface area (Å²) in [5, 5.41) is 0. The summed E-state index contributed by atoms with van der Waals surface area (Å²) in [6, 6.07) is 1.91. The van der Waals surface area contributed by atoms with Gasteiger partial charge < -0.3 is 15.2 Å².